The van der Waals surface area contributed by atoms with Gasteiger partial charge in [0, 0.05) is 12.1 Å². The highest BCUT2D eigenvalue weighted by molar-refractivity contribution is 5.74. The van der Waals surface area contributed by atoms with Crippen molar-refractivity contribution in [3.8, 4) is 6.07 Å². The number of carbonyl (C=O) groups is 1. The van der Waals surface area contributed by atoms with Crippen LogP contribution in [0.1, 0.15) is 23.6 Å². The Balaban J connectivity index is 3.35. The maximum absolute atomic E-state index is 11.3. The summed E-state index contributed by atoms with van der Waals surface area (Å²) in [7, 11) is 1.26. The number of hydrogen-bond donors (Lipinski definition) is 0. The molecule has 0 amide bonds. The van der Waals surface area contributed by atoms with Gasteiger partial charge in [-0.3, -0.25) is 14.9 Å². The molecule has 0 aliphatic heterocycles. The lowest BCUT2D eigenvalue weighted by Crippen LogP contribution is -2.09. The second kappa shape index (κ2) is 5.77. The monoisotopic (exact) mass is 248 g/mol. The minimum absolute atomic E-state index is 0.0550. The predicted molar refractivity (Wildman–Crippen MR) is 62.9 cm³/mol. The van der Waals surface area contributed by atoms with E-state index in [0.717, 1.165) is 0 Å². The van der Waals surface area contributed by atoms with Crippen molar-refractivity contribution in [2.45, 2.75) is 19.8 Å². The molecule has 0 heterocycles. The van der Waals surface area contributed by atoms with E-state index in [2.05, 4.69) is 4.74 Å². The molecule has 94 valence electrons. The van der Waals surface area contributed by atoms with Gasteiger partial charge in [-0.1, -0.05) is 6.92 Å². The van der Waals surface area contributed by atoms with Crippen LogP contribution in [0.25, 0.3) is 0 Å². The standard InChI is InChI=1S/C12H12N2O4/c1-3-8-4-10(14(16)17)5-9(7-13)11(8)6-12(15)18-2/h4-5H,3,6H2,1-2H3. The van der Waals surface area contributed by atoms with Gasteiger partial charge in [-0.2, -0.15) is 5.26 Å². The van der Waals surface area contributed by atoms with E-state index >= 15 is 0 Å². The molecule has 0 fully saturated rings. The van der Waals surface area contributed by atoms with Crippen molar-refractivity contribution in [2.75, 3.05) is 7.11 Å². The van der Waals surface area contributed by atoms with Gasteiger partial charge in [0.05, 0.1) is 30.1 Å². The summed E-state index contributed by atoms with van der Waals surface area (Å²) < 4.78 is 4.55. The quantitative estimate of drug-likeness (QED) is 0.459. The zero-order chi connectivity index (χ0) is 13.7. The van der Waals surface area contributed by atoms with E-state index in [1.807, 2.05) is 6.07 Å². The lowest BCUT2D eigenvalue weighted by molar-refractivity contribution is -0.384. The SMILES string of the molecule is CCc1cc([N+](=O)[O-])cc(C#N)c1CC(=O)OC. The van der Waals surface area contributed by atoms with Crippen LogP contribution in [0.5, 0.6) is 0 Å². The van der Waals surface area contributed by atoms with E-state index in [1.165, 1.54) is 19.2 Å². The first kappa shape index (κ1) is 13.6. The Morgan fingerprint density at radius 1 is 1.56 bits per heavy atom. The number of benzene rings is 1. The first-order chi connectivity index (χ1) is 8.53. The molecule has 1 rings (SSSR count). The summed E-state index contributed by atoms with van der Waals surface area (Å²) in [6.07, 6.45) is 0.448. The van der Waals surface area contributed by atoms with Crippen LogP contribution in [0.2, 0.25) is 0 Å². The molecule has 0 aliphatic carbocycles. The van der Waals surface area contributed by atoms with Crippen LogP contribution >= 0.6 is 0 Å². The van der Waals surface area contributed by atoms with Gasteiger partial charge >= 0.3 is 5.97 Å². The highest BCUT2D eigenvalue weighted by Crippen LogP contribution is 2.23. The molecule has 0 spiro atoms. The Morgan fingerprint density at radius 3 is 2.67 bits per heavy atom. The van der Waals surface area contributed by atoms with Crippen molar-refractivity contribution in [2.24, 2.45) is 0 Å². The number of ether oxygens (including phenoxy) is 1. The lowest BCUT2D eigenvalue weighted by Gasteiger charge is -2.08. The van der Waals surface area contributed by atoms with Crippen LogP contribution < -0.4 is 0 Å². The van der Waals surface area contributed by atoms with Gasteiger partial charge < -0.3 is 4.74 Å². The zero-order valence-electron chi connectivity index (χ0n) is 10.1. The minimum Gasteiger partial charge on any atom is -0.469 e. The van der Waals surface area contributed by atoms with Crippen molar-refractivity contribution in [3.05, 3.63) is 38.9 Å². The minimum atomic E-state index is -0.554. The summed E-state index contributed by atoms with van der Waals surface area (Å²) >= 11 is 0. The van der Waals surface area contributed by atoms with E-state index in [1.54, 1.807) is 6.92 Å². The van der Waals surface area contributed by atoms with E-state index in [4.69, 9.17) is 5.26 Å². The van der Waals surface area contributed by atoms with Crippen molar-refractivity contribution in [3.63, 3.8) is 0 Å². The van der Waals surface area contributed by atoms with Gasteiger partial charge in [0.15, 0.2) is 0 Å². The van der Waals surface area contributed by atoms with Crippen LogP contribution in [0, 0.1) is 21.4 Å². The molecule has 0 N–H and O–H groups in total. The summed E-state index contributed by atoms with van der Waals surface area (Å²) in [6, 6.07) is 4.45. The van der Waals surface area contributed by atoms with E-state index in [-0.39, 0.29) is 17.7 Å². The van der Waals surface area contributed by atoms with Crippen molar-refractivity contribution < 1.29 is 14.5 Å². The first-order valence-corrected chi connectivity index (χ1v) is 5.30. The summed E-state index contributed by atoms with van der Waals surface area (Å²) in [5.74, 6) is -0.477. The van der Waals surface area contributed by atoms with Gasteiger partial charge in [0.25, 0.3) is 5.69 Å². The van der Waals surface area contributed by atoms with Crippen LogP contribution in [-0.4, -0.2) is 18.0 Å². The summed E-state index contributed by atoms with van der Waals surface area (Å²) in [5.41, 5.74) is 1.12. The number of esters is 1. The van der Waals surface area contributed by atoms with Crippen LogP contribution in [0.15, 0.2) is 12.1 Å². The smallest absolute Gasteiger partial charge is 0.310 e. The van der Waals surface area contributed by atoms with Gasteiger partial charge in [-0.15, -0.1) is 0 Å². The highest BCUT2D eigenvalue weighted by Gasteiger charge is 2.18. The van der Waals surface area contributed by atoms with Crippen molar-refractivity contribution >= 4 is 11.7 Å². The summed E-state index contributed by atoms with van der Waals surface area (Å²) in [5, 5.41) is 19.7. The topological polar surface area (TPSA) is 93.2 Å². The molecule has 0 saturated carbocycles. The predicted octanol–water partition coefficient (Wildman–Crippen LogP) is 1.74. The van der Waals surface area contributed by atoms with Crippen LogP contribution in [0.4, 0.5) is 5.69 Å². The number of nitro groups is 1. The molecule has 0 radical (unpaired) electrons. The molecular weight excluding hydrogens is 236 g/mol. The maximum Gasteiger partial charge on any atom is 0.310 e. The number of methoxy groups -OCH3 is 1. The molecule has 0 saturated heterocycles. The Kier molecular flexibility index (Phi) is 4.38. The Hall–Kier alpha value is -2.42. The fraction of sp³-hybridized carbons (Fsp3) is 0.333. The molecule has 0 aromatic heterocycles. The largest absolute Gasteiger partial charge is 0.469 e. The summed E-state index contributed by atoms with van der Waals surface area (Å²) in [4.78, 5) is 21.4. The Labute approximate surface area is 104 Å². The fourth-order valence-electron chi connectivity index (χ4n) is 1.66. The number of nitrogens with zero attached hydrogens (tertiary/aromatic N) is 2. The van der Waals surface area contributed by atoms with E-state index in [9.17, 15) is 14.9 Å². The second-order valence-corrected chi connectivity index (χ2v) is 3.61. The zero-order valence-corrected chi connectivity index (χ0v) is 10.1. The lowest BCUT2D eigenvalue weighted by atomic mass is 9.96. The third-order valence-corrected chi connectivity index (χ3v) is 2.59. The normalized spacial score (nSPS) is 9.61. The molecule has 6 heteroatoms. The maximum atomic E-state index is 11.3. The second-order valence-electron chi connectivity index (χ2n) is 3.61. The van der Waals surface area contributed by atoms with Gasteiger partial charge in [-0.05, 0) is 17.5 Å². The Bertz CT molecular complexity index is 532. The number of nitriles is 1. The first-order valence-electron chi connectivity index (χ1n) is 5.30. The molecule has 0 aliphatic rings. The molecule has 6 nitrogen and oxygen atoms in total. The molecular formula is C12H12N2O4. The van der Waals surface area contributed by atoms with Crippen LogP contribution in [0.3, 0.4) is 0 Å². The number of aryl methyl sites for hydroxylation is 1. The van der Waals surface area contributed by atoms with Crippen LogP contribution in [-0.2, 0) is 22.4 Å². The summed E-state index contributed by atoms with van der Waals surface area (Å²) in [6.45, 7) is 1.81. The number of rotatable bonds is 4. The van der Waals surface area contributed by atoms with Gasteiger partial charge in [-0.25, -0.2) is 0 Å². The van der Waals surface area contributed by atoms with E-state index in [0.29, 0.717) is 17.5 Å². The third kappa shape index (κ3) is 2.83. The molecule has 0 atom stereocenters. The van der Waals surface area contributed by atoms with Gasteiger partial charge in [0.2, 0.25) is 0 Å². The molecule has 18 heavy (non-hydrogen) atoms. The molecule has 0 bridgehead atoms. The highest BCUT2D eigenvalue weighted by atomic mass is 16.6. The molecule has 1 aromatic carbocycles. The van der Waals surface area contributed by atoms with Crippen molar-refractivity contribution in [1.82, 2.24) is 0 Å². The molecule has 0 unspecified atom stereocenters. The van der Waals surface area contributed by atoms with E-state index < -0.39 is 10.9 Å². The fourth-order valence-corrected chi connectivity index (χ4v) is 1.66. The van der Waals surface area contributed by atoms with Crippen molar-refractivity contribution in [1.29, 1.82) is 5.26 Å². The average molecular weight is 248 g/mol. The molecule has 1 aromatic rings. The average Bonchev–Trinajstić information content (AvgIpc) is 2.38. The van der Waals surface area contributed by atoms with Gasteiger partial charge in [0.1, 0.15) is 0 Å². The third-order valence-electron chi connectivity index (χ3n) is 2.59. The number of nitro benzene ring substituents is 1. The number of carbonyl (C=O) groups excluding carboxylic acids is 1. The number of non-ortho nitro benzene ring substituents is 1. The Morgan fingerprint density at radius 2 is 2.22 bits per heavy atom. The number of hydrogen-bond acceptors (Lipinski definition) is 5.